The maximum atomic E-state index is 10.6. The molecule has 3 N–H and O–H groups in total. The van der Waals surface area contributed by atoms with Crippen LogP contribution in [0.1, 0.15) is 19.3 Å². The van der Waals surface area contributed by atoms with Crippen LogP contribution in [0.15, 0.2) is 18.2 Å². The Morgan fingerprint density at radius 3 is 2.82 bits per heavy atom. The first-order chi connectivity index (χ1) is 8.15. The first-order valence-corrected chi connectivity index (χ1v) is 5.36. The number of rotatable bonds is 6. The lowest BCUT2D eigenvalue weighted by atomic mass is 10.2. The van der Waals surface area contributed by atoms with Crippen molar-refractivity contribution in [1.29, 1.82) is 0 Å². The highest BCUT2D eigenvalue weighted by molar-refractivity contribution is 5.65. The van der Waals surface area contributed by atoms with Crippen molar-refractivity contribution in [2.45, 2.75) is 19.3 Å². The molecule has 0 saturated carbocycles. The molecular weight excluding hydrogens is 218 g/mol. The topological polar surface area (TPSA) is 81.2 Å². The van der Waals surface area contributed by atoms with E-state index in [1.165, 1.54) is 6.07 Å². The third kappa shape index (κ3) is 4.03. The van der Waals surface area contributed by atoms with Crippen LogP contribution in [0.2, 0.25) is 0 Å². The zero-order valence-corrected chi connectivity index (χ0v) is 9.48. The lowest BCUT2D eigenvalue weighted by Crippen LogP contribution is -2.03. The van der Waals surface area contributed by atoms with Crippen molar-refractivity contribution in [3.05, 3.63) is 28.3 Å². The van der Waals surface area contributed by atoms with E-state index in [0.717, 1.165) is 31.5 Å². The van der Waals surface area contributed by atoms with E-state index in [2.05, 4.69) is 11.2 Å². The van der Waals surface area contributed by atoms with Gasteiger partial charge in [-0.05, 0) is 25.0 Å². The molecule has 0 heterocycles. The molecule has 1 aromatic carbocycles. The van der Waals surface area contributed by atoms with Crippen LogP contribution in [-0.4, -0.2) is 11.5 Å². The zero-order chi connectivity index (χ0) is 12.7. The number of unbranched alkanes of at least 4 members (excludes halogenated alkanes) is 2. The molecule has 0 aromatic heterocycles. The van der Waals surface area contributed by atoms with Crippen molar-refractivity contribution in [2.75, 3.05) is 17.6 Å². The molecule has 0 spiro atoms. The molecule has 17 heavy (non-hydrogen) atoms. The van der Waals surface area contributed by atoms with Crippen molar-refractivity contribution in [3.8, 4) is 12.3 Å². The van der Waals surface area contributed by atoms with Gasteiger partial charge in [-0.3, -0.25) is 10.1 Å². The van der Waals surface area contributed by atoms with Gasteiger partial charge >= 0.3 is 0 Å². The van der Waals surface area contributed by atoms with Gasteiger partial charge in [0.1, 0.15) is 5.69 Å². The molecule has 0 fully saturated rings. The predicted octanol–water partition coefficient (Wildman–Crippen LogP) is 2.39. The van der Waals surface area contributed by atoms with E-state index in [1.54, 1.807) is 12.1 Å². The molecule has 0 atom stereocenters. The van der Waals surface area contributed by atoms with Crippen LogP contribution < -0.4 is 11.1 Å². The Balaban J connectivity index is 2.48. The van der Waals surface area contributed by atoms with E-state index >= 15 is 0 Å². The van der Waals surface area contributed by atoms with Crippen LogP contribution in [0.3, 0.4) is 0 Å². The summed E-state index contributed by atoms with van der Waals surface area (Å²) in [6, 6.07) is 4.62. The fourth-order valence-corrected chi connectivity index (χ4v) is 1.42. The number of hydrogen-bond acceptors (Lipinski definition) is 4. The molecule has 1 aromatic rings. The van der Waals surface area contributed by atoms with Gasteiger partial charge < -0.3 is 11.1 Å². The summed E-state index contributed by atoms with van der Waals surface area (Å²) in [6.07, 6.45) is 7.83. The third-order valence-electron chi connectivity index (χ3n) is 2.30. The molecule has 5 nitrogen and oxygen atoms in total. The maximum Gasteiger partial charge on any atom is 0.292 e. The Kier molecular flexibility index (Phi) is 4.82. The number of nitrogen functional groups attached to an aromatic ring is 1. The summed E-state index contributed by atoms with van der Waals surface area (Å²) in [5.41, 5.74) is 6.46. The normalized spacial score (nSPS) is 9.59. The van der Waals surface area contributed by atoms with Gasteiger partial charge in [-0.2, -0.15) is 0 Å². The second-order valence-electron chi connectivity index (χ2n) is 3.62. The molecule has 90 valence electrons. The fourth-order valence-electron chi connectivity index (χ4n) is 1.42. The van der Waals surface area contributed by atoms with Gasteiger partial charge in [0, 0.05) is 24.7 Å². The average Bonchev–Trinajstić information content (AvgIpc) is 2.28. The number of benzene rings is 1. The number of nitrogens with zero attached hydrogens (tertiary/aromatic N) is 1. The molecule has 0 radical (unpaired) electrons. The summed E-state index contributed by atoms with van der Waals surface area (Å²) in [7, 11) is 0. The van der Waals surface area contributed by atoms with Crippen LogP contribution in [0.4, 0.5) is 17.1 Å². The van der Waals surface area contributed by atoms with Crippen molar-refractivity contribution < 1.29 is 4.92 Å². The number of terminal acetylenes is 1. The number of nitro groups is 1. The number of nitrogens with one attached hydrogen (secondary N) is 1. The number of nitrogens with two attached hydrogens (primary N) is 1. The molecule has 0 unspecified atom stereocenters. The van der Waals surface area contributed by atoms with Crippen LogP contribution in [0, 0.1) is 22.5 Å². The Bertz CT molecular complexity index is 438. The Morgan fingerprint density at radius 2 is 2.24 bits per heavy atom. The molecule has 0 aliphatic heterocycles. The quantitative estimate of drug-likeness (QED) is 0.260. The van der Waals surface area contributed by atoms with Gasteiger partial charge in [-0.15, -0.1) is 12.3 Å². The molecule has 1 rings (SSSR count). The largest absolute Gasteiger partial charge is 0.393 e. The lowest BCUT2D eigenvalue weighted by Gasteiger charge is -2.06. The summed E-state index contributed by atoms with van der Waals surface area (Å²) >= 11 is 0. The molecular formula is C12H15N3O2. The van der Waals surface area contributed by atoms with Gasteiger partial charge in [0.15, 0.2) is 0 Å². The van der Waals surface area contributed by atoms with Gasteiger partial charge in [0.2, 0.25) is 0 Å². The number of hydrogen-bond donors (Lipinski definition) is 2. The lowest BCUT2D eigenvalue weighted by molar-refractivity contribution is -0.383. The van der Waals surface area contributed by atoms with E-state index in [-0.39, 0.29) is 11.4 Å². The van der Waals surface area contributed by atoms with Crippen molar-refractivity contribution in [1.82, 2.24) is 0 Å². The van der Waals surface area contributed by atoms with Gasteiger partial charge in [0.25, 0.3) is 5.69 Å². The van der Waals surface area contributed by atoms with E-state index in [4.69, 9.17) is 12.2 Å². The summed E-state index contributed by atoms with van der Waals surface area (Å²) in [6.45, 7) is 0.777. The van der Waals surface area contributed by atoms with Crippen LogP contribution in [0.25, 0.3) is 0 Å². The molecule has 0 aliphatic rings. The minimum Gasteiger partial charge on any atom is -0.393 e. The van der Waals surface area contributed by atoms with Crippen LogP contribution >= 0.6 is 0 Å². The van der Waals surface area contributed by atoms with E-state index in [0.29, 0.717) is 0 Å². The highest BCUT2D eigenvalue weighted by Gasteiger charge is 2.10. The smallest absolute Gasteiger partial charge is 0.292 e. The van der Waals surface area contributed by atoms with Crippen molar-refractivity contribution in [3.63, 3.8) is 0 Å². The third-order valence-corrected chi connectivity index (χ3v) is 2.30. The molecule has 5 heteroatoms. The molecule has 0 aliphatic carbocycles. The second kappa shape index (κ2) is 6.38. The maximum absolute atomic E-state index is 10.6. The Morgan fingerprint density at radius 1 is 1.47 bits per heavy atom. The first kappa shape index (κ1) is 12.8. The molecule has 0 amide bonds. The molecule has 0 saturated heterocycles. The average molecular weight is 233 g/mol. The summed E-state index contributed by atoms with van der Waals surface area (Å²) < 4.78 is 0. The van der Waals surface area contributed by atoms with Crippen LogP contribution in [-0.2, 0) is 0 Å². The second-order valence-corrected chi connectivity index (χ2v) is 3.62. The van der Waals surface area contributed by atoms with E-state index < -0.39 is 4.92 Å². The number of nitro benzene ring substituents is 1. The van der Waals surface area contributed by atoms with Gasteiger partial charge in [-0.1, -0.05) is 0 Å². The summed E-state index contributed by atoms with van der Waals surface area (Å²) in [5.74, 6) is 2.57. The van der Waals surface area contributed by atoms with Gasteiger partial charge in [-0.25, -0.2) is 0 Å². The minimum absolute atomic E-state index is 0.0668. The van der Waals surface area contributed by atoms with E-state index in [1.807, 2.05) is 0 Å². The highest BCUT2D eigenvalue weighted by atomic mass is 16.6. The Labute approximate surface area is 100 Å². The van der Waals surface area contributed by atoms with E-state index in [9.17, 15) is 10.1 Å². The van der Waals surface area contributed by atoms with Gasteiger partial charge in [0.05, 0.1) is 4.92 Å². The monoisotopic (exact) mass is 233 g/mol. The van der Waals surface area contributed by atoms with Crippen LogP contribution in [0.5, 0.6) is 0 Å². The SMILES string of the molecule is C#CCCCCNc1ccc([N+](=O)[O-])c(N)c1. The first-order valence-electron chi connectivity index (χ1n) is 5.36. The molecule has 0 bridgehead atoms. The zero-order valence-electron chi connectivity index (χ0n) is 9.48. The highest BCUT2D eigenvalue weighted by Crippen LogP contribution is 2.24. The standard InChI is InChI=1S/C12H15N3O2/c1-2-3-4-5-8-14-10-6-7-12(15(16)17)11(13)9-10/h1,6-7,9,14H,3-5,8,13H2. The fraction of sp³-hybridized carbons (Fsp3) is 0.333. The minimum atomic E-state index is -0.494. The van der Waals surface area contributed by atoms with Crippen molar-refractivity contribution in [2.24, 2.45) is 0 Å². The number of anilines is 2. The Hall–Kier alpha value is -2.22. The summed E-state index contributed by atoms with van der Waals surface area (Å²) in [5, 5.41) is 13.7. The predicted molar refractivity (Wildman–Crippen MR) is 68.7 cm³/mol. The summed E-state index contributed by atoms with van der Waals surface area (Å²) in [4.78, 5) is 10.1. The van der Waals surface area contributed by atoms with Crippen molar-refractivity contribution >= 4 is 17.1 Å².